The van der Waals surface area contributed by atoms with Gasteiger partial charge in [-0.25, -0.2) is 4.98 Å². The lowest BCUT2D eigenvalue weighted by Gasteiger charge is -2.34. The molecule has 0 atom stereocenters. The molecule has 154 valence electrons. The minimum absolute atomic E-state index is 0.0378. The Hall–Kier alpha value is -3.19. The molecular weight excluding hydrogens is 378 g/mol. The van der Waals surface area contributed by atoms with Gasteiger partial charge in [0, 0.05) is 69.3 Å². The van der Waals surface area contributed by atoms with Crippen molar-refractivity contribution in [3.8, 4) is 0 Å². The monoisotopic (exact) mass is 403 g/mol. The van der Waals surface area contributed by atoms with E-state index in [4.69, 9.17) is 0 Å². The molecule has 0 saturated carbocycles. The molecule has 0 radical (unpaired) electrons. The van der Waals surface area contributed by atoms with Crippen LogP contribution in [0.1, 0.15) is 28.9 Å². The van der Waals surface area contributed by atoms with Crippen LogP contribution in [0.5, 0.6) is 0 Å². The van der Waals surface area contributed by atoms with Crippen molar-refractivity contribution < 1.29 is 9.59 Å². The minimum Gasteiger partial charge on any atom is -0.336 e. The lowest BCUT2D eigenvalue weighted by atomic mass is 10.1. The summed E-state index contributed by atoms with van der Waals surface area (Å²) in [6.07, 6.45) is 5.54. The van der Waals surface area contributed by atoms with Gasteiger partial charge in [-0.3, -0.25) is 14.5 Å². The van der Waals surface area contributed by atoms with Crippen LogP contribution in [0.15, 0.2) is 54.9 Å². The van der Waals surface area contributed by atoms with Gasteiger partial charge in [-0.15, -0.1) is 0 Å². The number of carbonyl (C=O) groups is 2. The molecule has 0 N–H and O–H groups in total. The van der Waals surface area contributed by atoms with Crippen molar-refractivity contribution >= 4 is 23.1 Å². The number of carbonyl (C=O) groups excluding carboxylic acids is 2. The SMILES string of the molecule is O=C(c1cccc(N2CCCC2=O)c1)N1CCN(Cc2cn3ccccc3n2)CC1. The maximum Gasteiger partial charge on any atom is 0.254 e. The molecule has 2 aromatic heterocycles. The van der Waals surface area contributed by atoms with Gasteiger partial charge < -0.3 is 14.2 Å². The number of anilines is 1. The Morgan fingerprint density at radius 1 is 1.00 bits per heavy atom. The van der Waals surface area contributed by atoms with E-state index in [0.29, 0.717) is 25.1 Å². The van der Waals surface area contributed by atoms with Crippen molar-refractivity contribution in [3.05, 3.63) is 66.1 Å². The van der Waals surface area contributed by atoms with Crippen LogP contribution >= 0.6 is 0 Å². The molecule has 2 saturated heterocycles. The van der Waals surface area contributed by atoms with Crippen molar-refractivity contribution in [1.82, 2.24) is 19.2 Å². The lowest BCUT2D eigenvalue weighted by molar-refractivity contribution is -0.117. The Morgan fingerprint density at radius 3 is 2.63 bits per heavy atom. The highest BCUT2D eigenvalue weighted by atomic mass is 16.2. The number of pyridine rings is 1. The summed E-state index contributed by atoms with van der Waals surface area (Å²) < 4.78 is 2.03. The number of piperazine rings is 1. The zero-order valence-electron chi connectivity index (χ0n) is 16.9. The summed E-state index contributed by atoms with van der Waals surface area (Å²) in [5, 5.41) is 0. The van der Waals surface area contributed by atoms with Gasteiger partial charge in [-0.1, -0.05) is 12.1 Å². The molecule has 2 aliphatic rings. The molecule has 7 heteroatoms. The second-order valence-corrected chi connectivity index (χ2v) is 7.97. The molecule has 0 unspecified atom stereocenters. The van der Waals surface area contributed by atoms with Gasteiger partial charge in [0.2, 0.25) is 5.91 Å². The van der Waals surface area contributed by atoms with Crippen molar-refractivity contribution in [2.24, 2.45) is 0 Å². The van der Waals surface area contributed by atoms with Crippen molar-refractivity contribution in [1.29, 1.82) is 0 Å². The molecule has 0 bridgehead atoms. The van der Waals surface area contributed by atoms with E-state index in [1.807, 2.05) is 58.0 Å². The van der Waals surface area contributed by atoms with E-state index in [9.17, 15) is 9.59 Å². The van der Waals surface area contributed by atoms with Crippen LogP contribution in [0.25, 0.3) is 5.65 Å². The second kappa shape index (κ2) is 7.91. The van der Waals surface area contributed by atoms with E-state index in [0.717, 1.165) is 49.6 Å². The van der Waals surface area contributed by atoms with Crippen LogP contribution in [0, 0.1) is 0 Å². The number of rotatable bonds is 4. The van der Waals surface area contributed by atoms with Crippen molar-refractivity contribution in [2.75, 3.05) is 37.6 Å². The Labute approximate surface area is 175 Å². The molecule has 2 aliphatic heterocycles. The summed E-state index contributed by atoms with van der Waals surface area (Å²) in [4.78, 5) is 35.7. The third-order valence-corrected chi connectivity index (χ3v) is 5.94. The molecule has 1 aromatic carbocycles. The summed E-state index contributed by atoms with van der Waals surface area (Å²) in [7, 11) is 0. The Balaban J connectivity index is 1.21. The fraction of sp³-hybridized carbons (Fsp3) is 0.348. The normalized spacial score (nSPS) is 17.8. The van der Waals surface area contributed by atoms with Gasteiger partial charge in [-0.05, 0) is 36.8 Å². The summed E-state index contributed by atoms with van der Waals surface area (Å²) in [5.74, 6) is 0.177. The van der Waals surface area contributed by atoms with Gasteiger partial charge >= 0.3 is 0 Å². The number of imidazole rings is 1. The van der Waals surface area contributed by atoms with E-state index in [1.165, 1.54) is 0 Å². The molecule has 3 aromatic rings. The fourth-order valence-corrected chi connectivity index (χ4v) is 4.31. The number of fused-ring (bicyclic) bond motifs is 1. The highest BCUT2D eigenvalue weighted by Crippen LogP contribution is 2.23. The molecule has 7 nitrogen and oxygen atoms in total. The quantitative estimate of drug-likeness (QED) is 0.671. The van der Waals surface area contributed by atoms with Crippen molar-refractivity contribution in [2.45, 2.75) is 19.4 Å². The Morgan fingerprint density at radius 2 is 1.87 bits per heavy atom. The highest BCUT2D eigenvalue weighted by molar-refractivity contribution is 5.99. The molecule has 4 heterocycles. The maximum atomic E-state index is 13.0. The van der Waals surface area contributed by atoms with Crippen molar-refractivity contribution in [3.63, 3.8) is 0 Å². The fourth-order valence-electron chi connectivity index (χ4n) is 4.31. The summed E-state index contributed by atoms with van der Waals surface area (Å²) in [6, 6.07) is 13.5. The smallest absolute Gasteiger partial charge is 0.254 e. The first-order valence-corrected chi connectivity index (χ1v) is 10.5. The first-order valence-electron chi connectivity index (χ1n) is 10.5. The van der Waals surface area contributed by atoms with Gasteiger partial charge in [0.05, 0.1) is 5.69 Å². The molecule has 30 heavy (non-hydrogen) atoms. The maximum absolute atomic E-state index is 13.0. The molecule has 2 fully saturated rings. The number of amides is 2. The van der Waals surface area contributed by atoms with Crippen LogP contribution in [0.3, 0.4) is 0 Å². The third kappa shape index (κ3) is 3.68. The van der Waals surface area contributed by atoms with Gasteiger partial charge in [0.15, 0.2) is 0 Å². The summed E-state index contributed by atoms with van der Waals surface area (Å²) in [5.41, 5.74) is 3.48. The van der Waals surface area contributed by atoms with Crippen LogP contribution in [0.2, 0.25) is 0 Å². The Bertz CT molecular complexity index is 1050. The van der Waals surface area contributed by atoms with Gasteiger partial charge in [0.1, 0.15) is 5.65 Å². The second-order valence-electron chi connectivity index (χ2n) is 7.97. The van der Waals surface area contributed by atoms with Crippen LogP contribution in [-0.4, -0.2) is 63.7 Å². The van der Waals surface area contributed by atoms with E-state index in [-0.39, 0.29) is 11.8 Å². The van der Waals surface area contributed by atoms with Gasteiger partial charge in [-0.2, -0.15) is 0 Å². The zero-order valence-corrected chi connectivity index (χ0v) is 16.9. The molecule has 5 rings (SSSR count). The Kier molecular flexibility index (Phi) is 4.96. The standard InChI is InChI=1S/C23H25N5O2/c29-22-8-4-10-28(22)20-6-3-5-18(15-20)23(30)26-13-11-25(12-14-26)16-19-17-27-9-2-1-7-21(27)24-19/h1-3,5-7,9,15,17H,4,8,10-14,16H2. The van der Waals surface area contributed by atoms with E-state index < -0.39 is 0 Å². The molecule has 0 aliphatic carbocycles. The molecule has 0 spiro atoms. The average Bonchev–Trinajstić information content (AvgIpc) is 3.39. The zero-order chi connectivity index (χ0) is 20.5. The summed E-state index contributed by atoms with van der Waals surface area (Å²) >= 11 is 0. The van der Waals surface area contributed by atoms with E-state index in [1.54, 1.807) is 4.90 Å². The van der Waals surface area contributed by atoms with Crippen LogP contribution in [0.4, 0.5) is 5.69 Å². The van der Waals surface area contributed by atoms with Crippen LogP contribution in [-0.2, 0) is 11.3 Å². The van der Waals surface area contributed by atoms with Crippen LogP contribution < -0.4 is 4.90 Å². The predicted molar refractivity (Wildman–Crippen MR) is 114 cm³/mol. The number of hydrogen-bond donors (Lipinski definition) is 0. The number of benzene rings is 1. The number of nitrogens with zero attached hydrogens (tertiary/aromatic N) is 5. The summed E-state index contributed by atoms with van der Waals surface area (Å²) in [6.45, 7) is 4.56. The first kappa shape index (κ1) is 18.8. The molecular formula is C23H25N5O2. The van der Waals surface area contributed by atoms with E-state index >= 15 is 0 Å². The number of hydrogen-bond acceptors (Lipinski definition) is 4. The predicted octanol–water partition coefficient (Wildman–Crippen LogP) is 2.42. The number of aromatic nitrogens is 2. The van der Waals surface area contributed by atoms with E-state index in [2.05, 4.69) is 16.1 Å². The van der Waals surface area contributed by atoms with Gasteiger partial charge in [0.25, 0.3) is 5.91 Å². The highest BCUT2D eigenvalue weighted by Gasteiger charge is 2.25. The lowest BCUT2D eigenvalue weighted by Crippen LogP contribution is -2.48. The minimum atomic E-state index is 0.0378. The average molecular weight is 403 g/mol. The first-order chi connectivity index (χ1) is 14.7. The third-order valence-electron chi connectivity index (χ3n) is 5.94. The molecule has 2 amide bonds. The largest absolute Gasteiger partial charge is 0.336 e. The topological polar surface area (TPSA) is 61.2 Å².